The number of piperidine rings is 1. The van der Waals surface area contributed by atoms with Crippen LogP contribution >= 0.6 is 0 Å². The van der Waals surface area contributed by atoms with E-state index >= 15 is 0 Å². The Bertz CT molecular complexity index is 1360. The van der Waals surface area contributed by atoms with Crippen molar-refractivity contribution in [2.24, 2.45) is 7.05 Å². The van der Waals surface area contributed by atoms with E-state index in [1.165, 1.54) is 18.3 Å². The van der Waals surface area contributed by atoms with E-state index in [1.807, 2.05) is 13.2 Å². The van der Waals surface area contributed by atoms with Gasteiger partial charge in [0.15, 0.2) is 17.4 Å². The van der Waals surface area contributed by atoms with Gasteiger partial charge in [0.1, 0.15) is 29.2 Å². The number of hydrogen-bond donors (Lipinski definition) is 2. The van der Waals surface area contributed by atoms with E-state index in [0.29, 0.717) is 54.2 Å². The van der Waals surface area contributed by atoms with Crippen LogP contribution in [0.25, 0.3) is 22.3 Å². The zero-order valence-corrected chi connectivity index (χ0v) is 19.0. The molecule has 1 fully saturated rings. The van der Waals surface area contributed by atoms with Gasteiger partial charge in [0.25, 0.3) is 0 Å². The minimum absolute atomic E-state index is 0.0360. The van der Waals surface area contributed by atoms with Crippen molar-refractivity contribution in [1.82, 2.24) is 24.7 Å². The molecule has 3 aromatic heterocycles. The van der Waals surface area contributed by atoms with Crippen molar-refractivity contribution in [3.8, 4) is 17.0 Å². The number of hydrogen-bond acceptors (Lipinski definition) is 8. The summed E-state index contributed by atoms with van der Waals surface area (Å²) in [4.78, 5) is 15.9. The van der Waals surface area contributed by atoms with Gasteiger partial charge in [-0.1, -0.05) is 0 Å². The molecule has 0 bridgehead atoms. The van der Waals surface area contributed by atoms with Gasteiger partial charge in [0, 0.05) is 50.8 Å². The summed E-state index contributed by atoms with van der Waals surface area (Å²) in [5.74, 6) is -0.685. The summed E-state index contributed by atoms with van der Waals surface area (Å²) in [6.07, 6.45) is 4.96. The third-order valence-corrected chi connectivity index (χ3v) is 5.98. The van der Waals surface area contributed by atoms with Crippen molar-refractivity contribution < 1.29 is 23.7 Å². The van der Waals surface area contributed by atoms with E-state index in [-0.39, 0.29) is 11.9 Å². The molecule has 0 aliphatic carbocycles. The molecule has 35 heavy (non-hydrogen) atoms. The van der Waals surface area contributed by atoms with Crippen LogP contribution in [-0.4, -0.2) is 60.7 Å². The first-order chi connectivity index (χ1) is 16.9. The van der Waals surface area contributed by atoms with Gasteiger partial charge in [-0.2, -0.15) is 5.10 Å². The van der Waals surface area contributed by atoms with Crippen molar-refractivity contribution >= 4 is 16.9 Å². The second kappa shape index (κ2) is 9.51. The second-order valence-corrected chi connectivity index (χ2v) is 8.47. The Morgan fingerprint density at radius 1 is 1.11 bits per heavy atom. The number of fused-ring (bicyclic) bond motifs is 1. The molecule has 1 saturated heterocycles. The molecule has 4 heterocycles. The second-order valence-electron chi connectivity index (χ2n) is 8.47. The maximum absolute atomic E-state index is 14.0. The molecule has 9 nitrogen and oxygen atoms in total. The lowest BCUT2D eigenvalue weighted by atomic mass is 10.1. The number of aryl methyl sites for hydroxylation is 1. The zero-order chi connectivity index (χ0) is 24.5. The van der Waals surface area contributed by atoms with E-state index in [2.05, 4.69) is 15.0 Å². The number of aliphatic hydroxyl groups is 2. The highest BCUT2D eigenvalue weighted by molar-refractivity contribution is 5.83. The van der Waals surface area contributed by atoms with Crippen LogP contribution in [0.3, 0.4) is 0 Å². The van der Waals surface area contributed by atoms with E-state index < -0.39 is 24.3 Å². The molecule has 1 unspecified atom stereocenters. The maximum Gasteiger partial charge on any atom is 0.167 e. The van der Waals surface area contributed by atoms with Crippen LogP contribution in [0.4, 0.5) is 14.6 Å². The van der Waals surface area contributed by atoms with Gasteiger partial charge in [-0.3, -0.25) is 9.67 Å². The number of halogens is 2. The molecule has 0 amide bonds. The van der Waals surface area contributed by atoms with Crippen LogP contribution < -0.4 is 9.64 Å². The molecule has 1 atom stereocenters. The normalized spacial score (nSPS) is 15.5. The first-order valence-corrected chi connectivity index (χ1v) is 11.2. The Hall–Kier alpha value is -3.70. The quantitative estimate of drug-likeness (QED) is 0.432. The van der Waals surface area contributed by atoms with Gasteiger partial charge >= 0.3 is 0 Å². The lowest BCUT2D eigenvalue weighted by Crippen LogP contribution is -2.39. The molecule has 0 saturated carbocycles. The van der Waals surface area contributed by atoms with Crippen molar-refractivity contribution in [3.05, 3.63) is 60.2 Å². The highest BCUT2D eigenvalue weighted by atomic mass is 19.1. The van der Waals surface area contributed by atoms with Gasteiger partial charge in [-0.15, -0.1) is 0 Å². The predicted octanol–water partition coefficient (Wildman–Crippen LogP) is 2.78. The Labute approximate surface area is 199 Å². The number of aromatic nitrogens is 5. The molecule has 0 spiro atoms. The van der Waals surface area contributed by atoms with Crippen LogP contribution in [0.1, 0.15) is 24.6 Å². The lowest BCUT2D eigenvalue weighted by molar-refractivity contribution is 0.0924. The lowest BCUT2D eigenvalue weighted by Gasteiger charge is -2.33. The molecule has 1 aliphatic heterocycles. The topological polar surface area (TPSA) is 109 Å². The summed E-state index contributed by atoms with van der Waals surface area (Å²) in [5, 5.41) is 23.5. The van der Waals surface area contributed by atoms with E-state index in [9.17, 15) is 19.0 Å². The Morgan fingerprint density at radius 3 is 2.60 bits per heavy atom. The Kier molecular flexibility index (Phi) is 6.27. The highest BCUT2D eigenvalue weighted by Crippen LogP contribution is 2.32. The largest absolute Gasteiger partial charge is 0.487 e. The average molecular weight is 482 g/mol. The molecular weight excluding hydrogens is 458 g/mol. The van der Waals surface area contributed by atoms with Crippen LogP contribution in [0.2, 0.25) is 0 Å². The van der Waals surface area contributed by atoms with E-state index in [1.54, 1.807) is 16.9 Å². The first kappa shape index (κ1) is 23.1. The summed E-state index contributed by atoms with van der Waals surface area (Å²) in [6.45, 7) is 0.713. The van der Waals surface area contributed by atoms with E-state index in [4.69, 9.17) is 14.7 Å². The standard InChI is InChI=1S/C24H24F2N6O3/c1-31-12-14(10-28-31)23-24(30-18-9-19(21(34)13-33)27-11-20(18)29-23)32-6-4-16(5-7-32)35-22-3-2-15(25)8-17(22)26/h2-3,8-12,16,21,33-34H,4-7,13H2,1H3. The van der Waals surface area contributed by atoms with Gasteiger partial charge in [-0.25, -0.2) is 18.7 Å². The van der Waals surface area contributed by atoms with Gasteiger partial charge < -0.3 is 19.8 Å². The smallest absolute Gasteiger partial charge is 0.167 e. The Balaban J connectivity index is 1.43. The van der Waals surface area contributed by atoms with Gasteiger partial charge in [0.05, 0.1) is 30.2 Å². The summed E-state index contributed by atoms with van der Waals surface area (Å²) >= 11 is 0. The van der Waals surface area contributed by atoms with Crippen LogP contribution in [0.5, 0.6) is 5.75 Å². The van der Waals surface area contributed by atoms with Crippen molar-refractivity contribution in [1.29, 1.82) is 0 Å². The number of benzene rings is 1. The Morgan fingerprint density at radius 2 is 1.91 bits per heavy atom. The molecule has 1 aliphatic rings. The minimum atomic E-state index is -1.11. The molecule has 4 aromatic rings. The minimum Gasteiger partial charge on any atom is -0.487 e. The summed E-state index contributed by atoms with van der Waals surface area (Å²) < 4.78 is 34.7. The molecular formula is C24H24F2N6O3. The average Bonchev–Trinajstić information content (AvgIpc) is 3.30. The number of ether oxygens (including phenoxy) is 1. The van der Waals surface area contributed by atoms with E-state index in [0.717, 1.165) is 11.6 Å². The van der Waals surface area contributed by atoms with Gasteiger partial charge in [-0.05, 0) is 18.2 Å². The fourth-order valence-corrected chi connectivity index (χ4v) is 4.14. The number of rotatable bonds is 6. The van der Waals surface area contributed by atoms with Crippen LogP contribution in [0.15, 0.2) is 42.9 Å². The SMILES string of the molecule is Cn1cc(-c2nc3cnc(C(O)CO)cc3nc2N2CCC(Oc3ccc(F)cc3F)CC2)cn1. The van der Waals surface area contributed by atoms with Crippen LogP contribution in [-0.2, 0) is 7.05 Å². The molecule has 182 valence electrons. The monoisotopic (exact) mass is 482 g/mol. The summed E-state index contributed by atoms with van der Waals surface area (Å²) in [6, 6.07) is 4.91. The maximum atomic E-state index is 14.0. The summed E-state index contributed by atoms with van der Waals surface area (Å²) in [7, 11) is 1.82. The zero-order valence-electron chi connectivity index (χ0n) is 19.0. The predicted molar refractivity (Wildman–Crippen MR) is 124 cm³/mol. The highest BCUT2D eigenvalue weighted by Gasteiger charge is 2.26. The fraction of sp³-hybridized carbons (Fsp3) is 0.333. The number of anilines is 1. The number of pyridine rings is 1. The molecule has 0 radical (unpaired) electrons. The summed E-state index contributed by atoms with van der Waals surface area (Å²) in [5.41, 5.74) is 2.83. The first-order valence-electron chi connectivity index (χ1n) is 11.2. The van der Waals surface area contributed by atoms with Gasteiger partial charge in [0.2, 0.25) is 0 Å². The fourth-order valence-electron chi connectivity index (χ4n) is 4.14. The molecule has 11 heteroatoms. The molecule has 1 aromatic carbocycles. The van der Waals surface area contributed by atoms with Crippen molar-refractivity contribution in [2.45, 2.75) is 25.0 Å². The van der Waals surface area contributed by atoms with Crippen LogP contribution in [0, 0.1) is 11.6 Å². The van der Waals surface area contributed by atoms with Crippen molar-refractivity contribution in [3.63, 3.8) is 0 Å². The van der Waals surface area contributed by atoms with Crippen molar-refractivity contribution in [2.75, 3.05) is 24.6 Å². The molecule has 5 rings (SSSR count). The molecule has 2 N–H and O–H groups in total. The number of nitrogens with zero attached hydrogens (tertiary/aromatic N) is 6. The number of aliphatic hydroxyl groups excluding tert-OH is 2. The third-order valence-electron chi connectivity index (χ3n) is 5.98. The third kappa shape index (κ3) is 4.77.